The maximum atomic E-state index is 5.87. The molecule has 0 amide bonds. The SMILES string of the molecule is CCC(C)COc1ccc(Cl)cc1CCl. The van der Waals surface area contributed by atoms with Gasteiger partial charge in [0.1, 0.15) is 5.75 Å². The van der Waals surface area contributed by atoms with Crippen molar-refractivity contribution in [3.63, 3.8) is 0 Å². The normalized spacial score (nSPS) is 12.5. The first kappa shape index (κ1) is 12.7. The van der Waals surface area contributed by atoms with Crippen molar-refractivity contribution in [2.75, 3.05) is 6.61 Å². The summed E-state index contributed by atoms with van der Waals surface area (Å²) in [5.74, 6) is 1.83. The molecule has 0 saturated heterocycles. The minimum Gasteiger partial charge on any atom is -0.493 e. The fourth-order valence-corrected chi connectivity index (χ4v) is 1.55. The average Bonchev–Trinajstić information content (AvgIpc) is 2.26. The number of halogens is 2. The Balaban J connectivity index is 2.67. The van der Waals surface area contributed by atoms with Crippen LogP contribution in [0, 0.1) is 5.92 Å². The highest BCUT2D eigenvalue weighted by atomic mass is 35.5. The number of alkyl halides is 1. The quantitative estimate of drug-likeness (QED) is 0.696. The molecule has 0 aliphatic heterocycles. The van der Waals surface area contributed by atoms with Gasteiger partial charge in [-0.1, -0.05) is 31.9 Å². The second kappa shape index (κ2) is 6.24. The van der Waals surface area contributed by atoms with Gasteiger partial charge in [0.05, 0.1) is 12.5 Å². The molecule has 15 heavy (non-hydrogen) atoms. The zero-order valence-electron chi connectivity index (χ0n) is 9.09. The van der Waals surface area contributed by atoms with Crippen LogP contribution in [0.1, 0.15) is 25.8 Å². The highest BCUT2D eigenvalue weighted by Gasteiger charge is 2.05. The van der Waals surface area contributed by atoms with Crippen molar-refractivity contribution < 1.29 is 4.74 Å². The van der Waals surface area contributed by atoms with Gasteiger partial charge in [0, 0.05) is 10.6 Å². The number of hydrogen-bond donors (Lipinski definition) is 0. The van der Waals surface area contributed by atoms with Gasteiger partial charge in [-0.2, -0.15) is 0 Å². The summed E-state index contributed by atoms with van der Waals surface area (Å²) in [4.78, 5) is 0. The van der Waals surface area contributed by atoms with Crippen molar-refractivity contribution >= 4 is 23.2 Å². The molecule has 1 nitrogen and oxygen atoms in total. The summed E-state index contributed by atoms with van der Waals surface area (Å²) >= 11 is 11.7. The van der Waals surface area contributed by atoms with E-state index in [-0.39, 0.29) is 0 Å². The van der Waals surface area contributed by atoms with Crippen LogP contribution in [0.2, 0.25) is 5.02 Å². The van der Waals surface area contributed by atoms with E-state index in [9.17, 15) is 0 Å². The molecule has 0 aromatic heterocycles. The van der Waals surface area contributed by atoms with E-state index in [1.54, 1.807) is 0 Å². The van der Waals surface area contributed by atoms with Gasteiger partial charge in [-0.15, -0.1) is 11.6 Å². The van der Waals surface area contributed by atoms with E-state index >= 15 is 0 Å². The Morgan fingerprint density at radius 1 is 1.40 bits per heavy atom. The van der Waals surface area contributed by atoms with Crippen LogP contribution in [-0.4, -0.2) is 6.61 Å². The lowest BCUT2D eigenvalue weighted by atomic mass is 10.1. The molecule has 1 unspecified atom stereocenters. The first-order chi connectivity index (χ1) is 7.17. The zero-order chi connectivity index (χ0) is 11.3. The summed E-state index contributed by atoms with van der Waals surface area (Å²) in [5.41, 5.74) is 0.951. The highest BCUT2D eigenvalue weighted by molar-refractivity contribution is 6.30. The molecule has 0 aliphatic carbocycles. The highest BCUT2D eigenvalue weighted by Crippen LogP contribution is 2.25. The Morgan fingerprint density at radius 2 is 2.13 bits per heavy atom. The topological polar surface area (TPSA) is 9.23 Å². The molecular formula is C12H16Cl2O. The van der Waals surface area contributed by atoms with Gasteiger partial charge in [-0.05, 0) is 24.1 Å². The van der Waals surface area contributed by atoms with Crippen LogP contribution in [0.3, 0.4) is 0 Å². The molecule has 1 atom stereocenters. The van der Waals surface area contributed by atoms with Gasteiger partial charge in [0.15, 0.2) is 0 Å². The van der Waals surface area contributed by atoms with E-state index in [4.69, 9.17) is 27.9 Å². The van der Waals surface area contributed by atoms with Crippen LogP contribution < -0.4 is 4.74 Å². The molecule has 0 spiro atoms. The molecule has 1 rings (SSSR count). The minimum absolute atomic E-state index is 0.427. The lowest BCUT2D eigenvalue weighted by Crippen LogP contribution is -2.08. The van der Waals surface area contributed by atoms with Crippen molar-refractivity contribution in [1.29, 1.82) is 0 Å². The summed E-state index contributed by atoms with van der Waals surface area (Å²) in [6.45, 7) is 5.04. The largest absolute Gasteiger partial charge is 0.493 e. The van der Waals surface area contributed by atoms with Crippen molar-refractivity contribution in [2.24, 2.45) is 5.92 Å². The third kappa shape index (κ3) is 3.92. The predicted molar refractivity (Wildman–Crippen MR) is 66.0 cm³/mol. The van der Waals surface area contributed by atoms with Crippen LogP contribution in [-0.2, 0) is 5.88 Å². The standard InChI is InChI=1S/C12H16Cl2O/c1-3-9(2)8-15-12-5-4-11(14)6-10(12)7-13/h4-6,9H,3,7-8H2,1-2H3. The molecule has 0 radical (unpaired) electrons. The smallest absolute Gasteiger partial charge is 0.123 e. The monoisotopic (exact) mass is 246 g/mol. The van der Waals surface area contributed by atoms with E-state index in [0.29, 0.717) is 16.8 Å². The van der Waals surface area contributed by atoms with Crippen LogP contribution in [0.15, 0.2) is 18.2 Å². The van der Waals surface area contributed by atoms with Crippen LogP contribution in [0.5, 0.6) is 5.75 Å². The molecule has 0 aliphatic rings. The predicted octanol–water partition coefficient (Wildman–Crippen LogP) is 4.50. The fraction of sp³-hybridized carbons (Fsp3) is 0.500. The Kier molecular flexibility index (Phi) is 5.27. The summed E-state index contributed by atoms with van der Waals surface area (Å²) in [7, 11) is 0. The first-order valence-corrected chi connectivity index (χ1v) is 6.05. The number of rotatable bonds is 5. The van der Waals surface area contributed by atoms with Crippen molar-refractivity contribution in [3.05, 3.63) is 28.8 Å². The Labute approximate surface area is 101 Å². The molecule has 0 N–H and O–H groups in total. The second-order valence-electron chi connectivity index (χ2n) is 3.71. The van der Waals surface area contributed by atoms with E-state index in [0.717, 1.165) is 24.3 Å². The number of hydrogen-bond acceptors (Lipinski definition) is 1. The van der Waals surface area contributed by atoms with E-state index in [1.807, 2.05) is 18.2 Å². The van der Waals surface area contributed by atoms with Crippen molar-refractivity contribution in [3.8, 4) is 5.75 Å². The van der Waals surface area contributed by atoms with Gasteiger partial charge in [-0.3, -0.25) is 0 Å². The molecule has 0 saturated carbocycles. The molecule has 0 fully saturated rings. The van der Waals surface area contributed by atoms with Crippen LogP contribution >= 0.6 is 23.2 Å². The first-order valence-electron chi connectivity index (χ1n) is 5.14. The van der Waals surface area contributed by atoms with E-state index in [1.165, 1.54) is 0 Å². The Hall–Kier alpha value is -0.400. The third-order valence-electron chi connectivity index (χ3n) is 2.39. The van der Waals surface area contributed by atoms with Crippen molar-refractivity contribution in [2.45, 2.75) is 26.1 Å². The van der Waals surface area contributed by atoms with Gasteiger partial charge < -0.3 is 4.74 Å². The molecule has 3 heteroatoms. The van der Waals surface area contributed by atoms with Crippen molar-refractivity contribution in [1.82, 2.24) is 0 Å². The summed E-state index contributed by atoms with van der Waals surface area (Å²) < 4.78 is 5.69. The minimum atomic E-state index is 0.427. The van der Waals surface area contributed by atoms with Gasteiger partial charge in [-0.25, -0.2) is 0 Å². The summed E-state index contributed by atoms with van der Waals surface area (Å²) in [6, 6.07) is 5.55. The second-order valence-corrected chi connectivity index (χ2v) is 4.41. The lowest BCUT2D eigenvalue weighted by Gasteiger charge is -2.13. The zero-order valence-corrected chi connectivity index (χ0v) is 10.6. The Morgan fingerprint density at radius 3 is 2.73 bits per heavy atom. The third-order valence-corrected chi connectivity index (χ3v) is 2.91. The van der Waals surface area contributed by atoms with E-state index in [2.05, 4.69) is 13.8 Å². The van der Waals surface area contributed by atoms with Gasteiger partial charge in [0.2, 0.25) is 0 Å². The number of ether oxygens (including phenoxy) is 1. The van der Waals surface area contributed by atoms with Gasteiger partial charge in [0.25, 0.3) is 0 Å². The molecule has 1 aromatic rings. The Bertz CT molecular complexity index is 312. The van der Waals surface area contributed by atoms with E-state index < -0.39 is 0 Å². The molecule has 0 bridgehead atoms. The summed E-state index contributed by atoms with van der Waals surface area (Å²) in [6.07, 6.45) is 1.11. The average molecular weight is 247 g/mol. The maximum Gasteiger partial charge on any atom is 0.123 e. The summed E-state index contributed by atoms with van der Waals surface area (Å²) in [5, 5.41) is 0.696. The van der Waals surface area contributed by atoms with Crippen LogP contribution in [0.25, 0.3) is 0 Å². The fourth-order valence-electron chi connectivity index (χ4n) is 1.14. The number of benzene rings is 1. The maximum absolute atomic E-state index is 5.87. The lowest BCUT2D eigenvalue weighted by molar-refractivity contribution is 0.255. The molecule has 1 aromatic carbocycles. The molecule has 0 heterocycles. The van der Waals surface area contributed by atoms with Crippen LogP contribution in [0.4, 0.5) is 0 Å². The molecular weight excluding hydrogens is 231 g/mol. The molecule has 84 valence electrons. The van der Waals surface area contributed by atoms with Gasteiger partial charge >= 0.3 is 0 Å².